The number of phenolic OH excluding ortho intramolecular Hbond substituents is 1. The Kier molecular flexibility index (Phi) is 2.50. The molecule has 1 aliphatic heterocycles. The Morgan fingerprint density at radius 1 is 1.00 bits per heavy atom. The summed E-state index contributed by atoms with van der Waals surface area (Å²) in [6.07, 6.45) is 0. The van der Waals surface area contributed by atoms with Crippen molar-refractivity contribution in [1.29, 1.82) is 0 Å². The van der Waals surface area contributed by atoms with Crippen LogP contribution >= 0.6 is 0 Å². The summed E-state index contributed by atoms with van der Waals surface area (Å²) < 4.78 is 0. The number of carbonyl (C=O) groups is 2. The van der Waals surface area contributed by atoms with Crippen molar-refractivity contribution in [3.8, 4) is 5.75 Å². The third kappa shape index (κ3) is 1.52. The van der Waals surface area contributed by atoms with Gasteiger partial charge in [0.25, 0.3) is 11.8 Å². The maximum absolute atomic E-state index is 12.2. The van der Waals surface area contributed by atoms with Gasteiger partial charge in [0.05, 0.1) is 13.2 Å². The quantitative estimate of drug-likeness (QED) is 0.791. The fourth-order valence-electron chi connectivity index (χ4n) is 2.43. The average Bonchev–Trinajstić information content (AvgIpc) is 2.42. The van der Waals surface area contributed by atoms with E-state index in [0.717, 1.165) is 4.90 Å². The standard InChI is InChI=1S/C14H11NO4/c16-7-6-15-13(18)9-3-1-2-8-11(17)5-4-10(12(8)9)14(15)19/h1-5,16-17H,6-7H2. The number of amides is 2. The molecule has 2 aromatic rings. The van der Waals surface area contributed by atoms with Gasteiger partial charge >= 0.3 is 0 Å². The van der Waals surface area contributed by atoms with Gasteiger partial charge in [0.1, 0.15) is 5.75 Å². The molecule has 96 valence electrons. The summed E-state index contributed by atoms with van der Waals surface area (Å²) in [5, 5.41) is 19.7. The molecule has 1 aliphatic rings. The van der Waals surface area contributed by atoms with Crippen LogP contribution in [0.25, 0.3) is 10.8 Å². The van der Waals surface area contributed by atoms with Crippen LogP contribution in [0.3, 0.4) is 0 Å². The van der Waals surface area contributed by atoms with Crippen molar-refractivity contribution < 1.29 is 19.8 Å². The fourth-order valence-corrected chi connectivity index (χ4v) is 2.43. The topological polar surface area (TPSA) is 77.8 Å². The Labute approximate surface area is 108 Å². The van der Waals surface area contributed by atoms with Gasteiger partial charge in [-0.1, -0.05) is 12.1 Å². The maximum atomic E-state index is 12.2. The lowest BCUT2D eigenvalue weighted by Crippen LogP contribution is -2.41. The van der Waals surface area contributed by atoms with Crippen molar-refractivity contribution in [2.75, 3.05) is 13.2 Å². The Morgan fingerprint density at radius 3 is 2.37 bits per heavy atom. The van der Waals surface area contributed by atoms with Crippen molar-refractivity contribution in [1.82, 2.24) is 4.90 Å². The summed E-state index contributed by atoms with van der Waals surface area (Å²) in [5.74, 6) is -0.845. The Bertz CT molecular complexity index is 686. The summed E-state index contributed by atoms with van der Waals surface area (Å²) in [7, 11) is 0. The van der Waals surface area contributed by atoms with Gasteiger partial charge in [0, 0.05) is 21.9 Å². The summed E-state index contributed by atoms with van der Waals surface area (Å²) in [6, 6.07) is 7.88. The Morgan fingerprint density at radius 2 is 1.68 bits per heavy atom. The highest BCUT2D eigenvalue weighted by atomic mass is 16.3. The lowest BCUT2D eigenvalue weighted by molar-refractivity contribution is 0.0580. The number of benzene rings is 2. The lowest BCUT2D eigenvalue weighted by Gasteiger charge is -2.26. The highest BCUT2D eigenvalue weighted by Crippen LogP contribution is 2.34. The van der Waals surface area contributed by atoms with Crippen LogP contribution < -0.4 is 0 Å². The first-order valence-electron chi connectivity index (χ1n) is 5.87. The first kappa shape index (κ1) is 11.7. The summed E-state index contributed by atoms with van der Waals surface area (Å²) in [5.41, 5.74) is 0.743. The first-order chi connectivity index (χ1) is 9.15. The zero-order valence-electron chi connectivity index (χ0n) is 9.96. The van der Waals surface area contributed by atoms with E-state index in [2.05, 4.69) is 0 Å². The number of aliphatic hydroxyl groups is 1. The van der Waals surface area contributed by atoms with E-state index < -0.39 is 11.8 Å². The van der Waals surface area contributed by atoms with Crippen LogP contribution in [0.15, 0.2) is 30.3 Å². The third-order valence-electron chi connectivity index (χ3n) is 3.29. The minimum absolute atomic E-state index is 0.0334. The Balaban J connectivity index is 2.35. The van der Waals surface area contributed by atoms with Crippen LogP contribution in [0.4, 0.5) is 0 Å². The SMILES string of the molecule is O=C1c2cccc3c(O)ccc(c23)C(=O)N1CCO. The molecule has 0 unspecified atom stereocenters. The summed E-state index contributed by atoms with van der Waals surface area (Å²) >= 11 is 0. The zero-order valence-corrected chi connectivity index (χ0v) is 9.96. The average molecular weight is 257 g/mol. The second-order valence-corrected chi connectivity index (χ2v) is 4.35. The number of nitrogens with zero attached hydrogens (tertiary/aromatic N) is 1. The predicted molar refractivity (Wildman–Crippen MR) is 68.1 cm³/mol. The maximum Gasteiger partial charge on any atom is 0.261 e. The van der Waals surface area contributed by atoms with Crippen molar-refractivity contribution in [3.05, 3.63) is 41.5 Å². The van der Waals surface area contributed by atoms with Crippen LogP contribution in [0.5, 0.6) is 5.75 Å². The molecule has 0 bridgehead atoms. The lowest BCUT2D eigenvalue weighted by atomic mass is 9.93. The smallest absolute Gasteiger partial charge is 0.261 e. The third-order valence-corrected chi connectivity index (χ3v) is 3.29. The highest BCUT2D eigenvalue weighted by molar-refractivity contribution is 6.26. The summed E-state index contributed by atoms with van der Waals surface area (Å²) in [4.78, 5) is 25.5. The molecule has 19 heavy (non-hydrogen) atoms. The van der Waals surface area contributed by atoms with Gasteiger partial charge < -0.3 is 10.2 Å². The Hall–Kier alpha value is -2.40. The molecule has 2 N–H and O–H groups in total. The van der Waals surface area contributed by atoms with E-state index >= 15 is 0 Å². The molecule has 2 aromatic carbocycles. The molecular formula is C14H11NO4. The van der Waals surface area contributed by atoms with Crippen molar-refractivity contribution in [2.45, 2.75) is 0 Å². The molecule has 5 heteroatoms. The van der Waals surface area contributed by atoms with Crippen LogP contribution in [0.1, 0.15) is 20.7 Å². The predicted octanol–water partition coefficient (Wildman–Crippen LogP) is 1.13. The fraction of sp³-hybridized carbons (Fsp3) is 0.143. The number of aromatic hydroxyl groups is 1. The minimum Gasteiger partial charge on any atom is -0.507 e. The van der Waals surface area contributed by atoms with Gasteiger partial charge in [-0.15, -0.1) is 0 Å². The molecular weight excluding hydrogens is 246 g/mol. The molecule has 5 nitrogen and oxygen atoms in total. The van der Waals surface area contributed by atoms with E-state index in [1.807, 2.05) is 0 Å². The van der Waals surface area contributed by atoms with E-state index in [1.165, 1.54) is 12.1 Å². The van der Waals surface area contributed by atoms with Crippen LogP contribution in [0.2, 0.25) is 0 Å². The molecule has 0 spiro atoms. The molecule has 0 saturated heterocycles. The molecule has 2 amide bonds. The molecule has 0 radical (unpaired) electrons. The molecule has 0 saturated carbocycles. The van der Waals surface area contributed by atoms with Gasteiger partial charge in [0.2, 0.25) is 0 Å². The number of carbonyl (C=O) groups excluding carboxylic acids is 2. The van der Waals surface area contributed by atoms with Gasteiger partial charge in [-0.05, 0) is 18.2 Å². The molecule has 0 aliphatic carbocycles. The van der Waals surface area contributed by atoms with E-state index in [1.54, 1.807) is 18.2 Å². The molecule has 0 fully saturated rings. The first-order valence-corrected chi connectivity index (χ1v) is 5.87. The van der Waals surface area contributed by atoms with Crippen molar-refractivity contribution >= 4 is 22.6 Å². The van der Waals surface area contributed by atoms with E-state index in [-0.39, 0.29) is 18.9 Å². The van der Waals surface area contributed by atoms with Crippen molar-refractivity contribution in [3.63, 3.8) is 0 Å². The van der Waals surface area contributed by atoms with Gasteiger partial charge in [-0.3, -0.25) is 14.5 Å². The van der Waals surface area contributed by atoms with E-state index in [0.29, 0.717) is 21.9 Å². The van der Waals surface area contributed by atoms with E-state index in [4.69, 9.17) is 5.11 Å². The number of hydrogen-bond acceptors (Lipinski definition) is 4. The minimum atomic E-state index is -0.442. The summed E-state index contributed by atoms with van der Waals surface area (Å²) in [6.45, 7) is -0.310. The molecule has 0 aromatic heterocycles. The second kappa shape index (κ2) is 4.07. The van der Waals surface area contributed by atoms with Gasteiger partial charge in [-0.2, -0.15) is 0 Å². The van der Waals surface area contributed by atoms with Crippen LogP contribution in [0, 0.1) is 0 Å². The largest absolute Gasteiger partial charge is 0.507 e. The number of imide groups is 1. The van der Waals surface area contributed by atoms with Gasteiger partial charge in [0.15, 0.2) is 0 Å². The number of rotatable bonds is 2. The van der Waals surface area contributed by atoms with E-state index in [9.17, 15) is 14.7 Å². The number of phenols is 1. The second-order valence-electron chi connectivity index (χ2n) is 4.35. The molecule has 1 heterocycles. The zero-order chi connectivity index (χ0) is 13.6. The highest BCUT2D eigenvalue weighted by Gasteiger charge is 2.32. The van der Waals surface area contributed by atoms with Crippen LogP contribution in [-0.2, 0) is 0 Å². The molecule has 3 rings (SSSR count). The van der Waals surface area contributed by atoms with Crippen molar-refractivity contribution in [2.24, 2.45) is 0 Å². The van der Waals surface area contributed by atoms with Crippen LogP contribution in [-0.4, -0.2) is 40.1 Å². The number of hydrogen-bond donors (Lipinski definition) is 2. The molecule has 0 atom stereocenters. The van der Waals surface area contributed by atoms with Gasteiger partial charge in [-0.25, -0.2) is 0 Å². The normalized spacial score (nSPS) is 14.3. The number of β-amino-alcohol motifs (C(OH)–C–C–N with tert-alkyl or cyclic N) is 1. The number of aliphatic hydroxyl groups excluding tert-OH is 1. The monoisotopic (exact) mass is 257 g/mol.